The molecule has 1 heterocycles. The van der Waals surface area contributed by atoms with E-state index < -0.39 is 17.5 Å². The van der Waals surface area contributed by atoms with Crippen molar-refractivity contribution in [2.75, 3.05) is 7.11 Å². The van der Waals surface area contributed by atoms with Gasteiger partial charge in [-0.2, -0.15) is 0 Å². The topological polar surface area (TPSA) is 27.1 Å². The van der Waals surface area contributed by atoms with Crippen molar-refractivity contribution in [2.45, 2.75) is 6.92 Å². The van der Waals surface area contributed by atoms with Gasteiger partial charge in [0.1, 0.15) is 29.0 Å². The number of aryl methyl sites for hydroxylation is 1. The molecule has 124 valence electrons. The van der Waals surface area contributed by atoms with E-state index in [1.54, 1.807) is 6.92 Å². The largest absolute Gasteiger partial charge is 0.497 e. The first kappa shape index (κ1) is 16.4. The summed E-state index contributed by atoms with van der Waals surface area (Å²) in [5.74, 6) is -1.63. The molecule has 0 spiro atoms. The summed E-state index contributed by atoms with van der Waals surface area (Å²) in [5, 5.41) is -0.0557. The number of rotatable bonds is 3. The number of hydrogen-bond acceptors (Lipinski definition) is 2. The molecule has 2 aromatic carbocycles. The minimum absolute atomic E-state index is 0.0504. The third-order valence-electron chi connectivity index (χ3n) is 3.58. The van der Waals surface area contributed by atoms with E-state index in [9.17, 15) is 13.2 Å². The highest BCUT2D eigenvalue weighted by molar-refractivity contribution is 6.32. The van der Waals surface area contributed by atoms with Crippen molar-refractivity contribution in [1.82, 2.24) is 9.55 Å². The molecular formula is C17H12ClF3N2O. The number of methoxy groups -OCH3 is 1. The minimum Gasteiger partial charge on any atom is -0.497 e. The molecule has 0 saturated heterocycles. The van der Waals surface area contributed by atoms with E-state index in [2.05, 4.69) is 4.98 Å². The summed E-state index contributed by atoms with van der Waals surface area (Å²) in [6.45, 7) is 1.64. The Balaban J connectivity index is 2.28. The van der Waals surface area contributed by atoms with Crippen molar-refractivity contribution in [3.05, 3.63) is 64.8 Å². The van der Waals surface area contributed by atoms with Crippen LogP contribution < -0.4 is 4.74 Å². The number of hydrogen-bond donors (Lipinski definition) is 0. The number of benzene rings is 2. The summed E-state index contributed by atoms with van der Waals surface area (Å²) in [7, 11) is 1.31. The van der Waals surface area contributed by atoms with Gasteiger partial charge in [0.25, 0.3) is 0 Å². The van der Waals surface area contributed by atoms with E-state index in [1.807, 2.05) is 0 Å². The van der Waals surface area contributed by atoms with E-state index >= 15 is 0 Å². The Hall–Kier alpha value is -2.47. The summed E-state index contributed by atoms with van der Waals surface area (Å²) < 4.78 is 48.4. The highest BCUT2D eigenvalue weighted by Gasteiger charge is 2.23. The Morgan fingerprint density at radius 2 is 1.62 bits per heavy atom. The molecule has 0 N–H and O–H groups in total. The maximum Gasteiger partial charge on any atom is 0.155 e. The predicted octanol–water partition coefficient (Wildman–Crippen LogP) is 4.93. The molecule has 0 atom stereocenters. The molecule has 0 aliphatic rings. The first-order chi connectivity index (χ1) is 11.4. The average molecular weight is 353 g/mol. The van der Waals surface area contributed by atoms with Gasteiger partial charge in [0.05, 0.1) is 18.4 Å². The van der Waals surface area contributed by atoms with Crippen LogP contribution in [-0.2, 0) is 0 Å². The second kappa shape index (κ2) is 6.20. The van der Waals surface area contributed by atoms with Crippen LogP contribution in [-0.4, -0.2) is 16.7 Å². The molecule has 24 heavy (non-hydrogen) atoms. The summed E-state index contributed by atoms with van der Waals surface area (Å²) in [5.41, 5.74) is 0.210. The van der Waals surface area contributed by atoms with Crippen LogP contribution in [0.3, 0.4) is 0 Å². The highest BCUT2D eigenvalue weighted by Crippen LogP contribution is 2.36. The maximum atomic E-state index is 14.5. The zero-order chi connectivity index (χ0) is 17.4. The molecule has 1 aromatic heterocycles. The Labute approximate surface area is 141 Å². The molecule has 0 saturated carbocycles. The molecule has 0 unspecified atom stereocenters. The number of nitrogens with zero attached hydrogens (tertiary/aromatic N) is 2. The fraction of sp³-hybridized carbons (Fsp3) is 0.118. The van der Waals surface area contributed by atoms with Gasteiger partial charge in [0, 0.05) is 17.8 Å². The molecule has 7 heteroatoms. The lowest BCUT2D eigenvalue weighted by Crippen LogP contribution is -2.03. The smallest absolute Gasteiger partial charge is 0.155 e. The first-order valence-corrected chi connectivity index (χ1v) is 7.34. The number of imidazole rings is 1. The van der Waals surface area contributed by atoms with Crippen molar-refractivity contribution in [3.8, 4) is 22.7 Å². The second-order valence-corrected chi connectivity index (χ2v) is 5.43. The Kier molecular flexibility index (Phi) is 4.24. The third kappa shape index (κ3) is 2.73. The third-order valence-corrected chi connectivity index (χ3v) is 3.84. The summed E-state index contributed by atoms with van der Waals surface area (Å²) in [6.07, 6.45) is 0. The van der Waals surface area contributed by atoms with Crippen LogP contribution in [0.15, 0.2) is 36.4 Å². The van der Waals surface area contributed by atoms with E-state index in [4.69, 9.17) is 16.3 Å². The molecule has 3 aromatic rings. The van der Waals surface area contributed by atoms with Gasteiger partial charge in [-0.25, -0.2) is 18.2 Å². The molecule has 3 nitrogen and oxygen atoms in total. The lowest BCUT2D eigenvalue weighted by molar-refractivity contribution is 0.407. The molecule has 0 amide bonds. The van der Waals surface area contributed by atoms with E-state index in [-0.39, 0.29) is 22.2 Å². The molecule has 0 aliphatic carbocycles. The van der Waals surface area contributed by atoms with E-state index in [0.717, 1.165) is 12.1 Å². The van der Waals surface area contributed by atoms with Crippen LogP contribution in [0.5, 0.6) is 5.75 Å². The molecule has 3 rings (SSSR count). The summed E-state index contributed by atoms with van der Waals surface area (Å²) in [6, 6.07) is 7.56. The Morgan fingerprint density at radius 3 is 2.17 bits per heavy atom. The second-order valence-electron chi connectivity index (χ2n) is 5.08. The zero-order valence-electron chi connectivity index (χ0n) is 12.8. The van der Waals surface area contributed by atoms with E-state index in [1.165, 1.54) is 35.9 Å². The van der Waals surface area contributed by atoms with Crippen LogP contribution in [0.1, 0.15) is 5.82 Å². The Bertz CT molecular complexity index is 884. The van der Waals surface area contributed by atoms with Crippen molar-refractivity contribution < 1.29 is 17.9 Å². The monoisotopic (exact) mass is 352 g/mol. The molecule has 0 radical (unpaired) electrons. The van der Waals surface area contributed by atoms with Crippen LogP contribution in [0.4, 0.5) is 13.2 Å². The quantitative estimate of drug-likeness (QED) is 0.668. The molecule has 0 aliphatic heterocycles. The fourth-order valence-electron chi connectivity index (χ4n) is 2.51. The number of ether oxygens (including phenoxy) is 1. The van der Waals surface area contributed by atoms with Gasteiger partial charge >= 0.3 is 0 Å². The van der Waals surface area contributed by atoms with Gasteiger partial charge in [0.2, 0.25) is 0 Å². The molecular weight excluding hydrogens is 341 g/mol. The minimum atomic E-state index is -0.836. The highest BCUT2D eigenvalue weighted by atomic mass is 35.5. The maximum absolute atomic E-state index is 14.5. The predicted molar refractivity (Wildman–Crippen MR) is 85.2 cm³/mol. The van der Waals surface area contributed by atoms with Crippen molar-refractivity contribution in [1.29, 1.82) is 0 Å². The van der Waals surface area contributed by atoms with E-state index in [0.29, 0.717) is 11.5 Å². The van der Waals surface area contributed by atoms with Crippen LogP contribution in [0, 0.1) is 24.4 Å². The zero-order valence-corrected chi connectivity index (χ0v) is 13.5. The average Bonchev–Trinajstić information content (AvgIpc) is 2.82. The number of halogens is 4. The first-order valence-electron chi connectivity index (χ1n) is 6.96. The van der Waals surface area contributed by atoms with Crippen LogP contribution in [0.2, 0.25) is 5.15 Å². The summed E-state index contributed by atoms with van der Waals surface area (Å²) >= 11 is 6.11. The standard InChI is InChI=1S/C17H12ClF3N2O/c1-9-22-17(18)16(23(9)11-5-3-10(19)4-6-11)15-13(20)7-12(24-2)8-14(15)21/h3-8H,1-2H3. The SMILES string of the molecule is COc1cc(F)c(-c2c(Cl)nc(C)n2-c2ccc(F)cc2)c(F)c1. The molecule has 0 bridgehead atoms. The normalized spacial score (nSPS) is 10.9. The lowest BCUT2D eigenvalue weighted by atomic mass is 10.1. The van der Waals surface area contributed by atoms with Gasteiger partial charge in [-0.1, -0.05) is 11.6 Å². The van der Waals surface area contributed by atoms with Gasteiger partial charge < -0.3 is 4.74 Å². The fourth-order valence-corrected chi connectivity index (χ4v) is 2.82. The Morgan fingerprint density at radius 1 is 1.04 bits per heavy atom. The van der Waals surface area contributed by atoms with Crippen molar-refractivity contribution in [3.63, 3.8) is 0 Å². The van der Waals surface area contributed by atoms with Gasteiger partial charge in [-0.15, -0.1) is 0 Å². The number of aromatic nitrogens is 2. The van der Waals surface area contributed by atoms with Crippen molar-refractivity contribution >= 4 is 11.6 Å². The van der Waals surface area contributed by atoms with Crippen LogP contribution in [0.25, 0.3) is 16.9 Å². The molecule has 0 fully saturated rings. The van der Waals surface area contributed by atoms with Gasteiger partial charge in [-0.3, -0.25) is 4.57 Å². The summed E-state index contributed by atoms with van der Waals surface area (Å²) in [4.78, 5) is 4.08. The van der Waals surface area contributed by atoms with Gasteiger partial charge in [0.15, 0.2) is 5.15 Å². The van der Waals surface area contributed by atoms with Crippen LogP contribution >= 0.6 is 11.6 Å². The van der Waals surface area contributed by atoms with Gasteiger partial charge in [-0.05, 0) is 31.2 Å². The van der Waals surface area contributed by atoms with Crippen molar-refractivity contribution in [2.24, 2.45) is 0 Å². The lowest BCUT2D eigenvalue weighted by Gasteiger charge is -2.13.